The first-order valence-electron chi connectivity index (χ1n) is 5.63. The molecule has 2 unspecified atom stereocenters. The lowest BCUT2D eigenvalue weighted by Crippen LogP contribution is -2.18. The molecule has 1 aromatic carbocycles. The van der Waals surface area contributed by atoms with Gasteiger partial charge in [0.25, 0.3) is 0 Å². The molecule has 6 heteroatoms. The molecule has 1 aliphatic heterocycles. The summed E-state index contributed by atoms with van der Waals surface area (Å²) in [7, 11) is 0. The Morgan fingerprint density at radius 2 is 2.00 bits per heavy atom. The van der Waals surface area contributed by atoms with Gasteiger partial charge in [-0.2, -0.15) is 0 Å². The summed E-state index contributed by atoms with van der Waals surface area (Å²) in [5.74, 6) is 0.749. The number of fused-ring (bicyclic) bond motifs is 1. The summed E-state index contributed by atoms with van der Waals surface area (Å²) >= 11 is 12.0. The number of hydrogen-bond donors (Lipinski definition) is 1. The number of thiophene rings is 1. The molecule has 0 bridgehead atoms. The Hall–Kier alpha value is 0.120. The van der Waals surface area contributed by atoms with Crippen LogP contribution in [0, 0.1) is 0 Å². The molecule has 1 aliphatic rings. The molecule has 0 aliphatic carbocycles. The summed E-state index contributed by atoms with van der Waals surface area (Å²) in [4.78, 5) is 1.10. The standard InChI is InChI=1S/C13H9Br3O2S/c14-6-1-2-7-9(17)5-11(18-10(7)3-6)12-4-8(15)13(16)19-12/h1-4,9,11,17H,5H2. The van der Waals surface area contributed by atoms with Crippen LogP contribution >= 0.6 is 59.1 Å². The van der Waals surface area contributed by atoms with Crippen LogP contribution < -0.4 is 4.74 Å². The zero-order valence-electron chi connectivity index (χ0n) is 9.57. The molecule has 2 aromatic rings. The molecule has 2 atom stereocenters. The number of ether oxygens (including phenoxy) is 1. The van der Waals surface area contributed by atoms with Crippen molar-refractivity contribution in [1.82, 2.24) is 0 Å². The van der Waals surface area contributed by atoms with E-state index in [2.05, 4.69) is 47.8 Å². The van der Waals surface area contributed by atoms with Crippen LogP contribution in [0.15, 0.2) is 37.0 Å². The van der Waals surface area contributed by atoms with Gasteiger partial charge < -0.3 is 9.84 Å². The second-order valence-electron chi connectivity index (χ2n) is 4.31. The predicted molar refractivity (Wildman–Crippen MR) is 86.8 cm³/mol. The van der Waals surface area contributed by atoms with Crippen LogP contribution in [0.1, 0.15) is 29.1 Å². The minimum Gasteiger partial charge on any atom is -0.484 e. The summed E-state index contributed by atoms with van der Waals surface area (Å²) in [5.41, 5.74) is 0.856. The van der Waals surface area contributed by atoms with Crippen LogP contribution in [0.5, 0.6) is 5.75 Å². The highest BCUT2D eigenvalue weighted by Gasteiger charge is 2.29. The molecule has 3 rings (SSSR count). The maximum absolute atomic E-state index is 10.2. The number of aliphatic hydroxyl groups excluding tert-OH is 1. The Morgan fingerprint density at radius 3 is 2.68 bits per heavy atom. The van der Waals surface area contributed by atoms with E-state index in [0.29, 0.717) is 6.42 Å². The van der Waals surface area contributed by atoms with Crippen LogP contribution in [0.2, 0.25) is 0 Å². The number of halogens is 3. The fourth-order valence-electron chi connectivity index (χ4n) is 2.11. The molecule has 0 amide bonds. The third-order valence-electron chi connectivity index (χ3n) is 3.02. The van der Waals surface area contributed by atoms with Crippen molar-refractivity contribution in [1.29, 1.82) is 0 Å². The van der Waals surface area contributed by atoms with Gasteiger partial charge in [-0.05, 0) is 50.1 Å². The summed E-state index contributed by atoms with van der Waals surface area (Å²) in [5, 5.41) is 10.2. The van der Waals surface area contributed by atoms with Crippen LogP contribution in [-0.2, 0) is 0 Å². The van der Waals surface area contributed by atoms with E-state index in [1.807, 2.05) is 24.3 Å². The van der Waals surface area contributed by atoms with Crippen molar-refractivity contribution in [2.24, 2.45) is 0 Å². The monoisotopic (exact) mass is 466 g/mol. The first-order valence-corrected chi connectivity index (χ1v) is 8.83. The summed E-state index contributed by atoms with van der Waals surface area (Å²) < 4.78 is 9.03. The summed E-state index contributed by atoms with van der Waals surface area (Å²) in [6, 6.07) is 7.77. The molecule has 100 valence electrons. The van der Waals surface area contributed by atoms with Gasteiger partial charge in [0.15, 0.2) is 0 Å². The second-order valence-corrected chi connectivity index (χ2v) is 8.48. The smallest absolute Gasteiger partial charge is 0.136 e. The average Bonchev–Trinajstić information content (AvgIpc) is 2.69. The van der Waals surface area contributed by atoms with E-state index in [-0.39, 0.29) is 6.10 Å². The Bertz CT molecular complexity index is 607. The lowest BCUT2D eigenvalue weighted by atomic mass is 9.98. The highest BCUT2D eigenvalue weighted by atomic mass is 79.9. The molecule has 0 spiro atoms. The largest absolute Gasteiger partial charge is 0.484 e. The molecule has 1 N–H and O–H groups in total. The fourth-order valence-corrected chi connectivity index (χ4v) is 4.59. The van der Waals surface area contributed by atoms with E-state index in [1.165, 1.54) is 0 Å². The molecule has 0 saturated carbocycles. The van der Waals surface area contributed by atoms with Gasteiger partial charge in [-0.3, -0.25) is 0 Å². The Kier molecular flexibility index (Phi) is 4.06. The van der Waals surface area contributed by atoms with Crippen LogP contribution in [-0.4, -0.2) is 5.11 Å². The van der Waals surface area contributed by atoms with E-state index in [1.54, 1.807) is 11.3 Å². The molecule has 0 radical (unpaired) electrons. The Morgan fingerprint density at radius 1 is 1.21 bits per heavy atom. The van der Waals surface area contributed by atoms with E-state index in [0.717, 1.165) is 28.9 Å². The second kappa shape index (κ2) is 5.48. The first-order chi connectivity index (χ1) is 9.04. The third-order valence-corrected chi connectivity index (χ3v) is 6.86. The topological polar surface area (TPSA) is 29.5 Å². The maximum atomic E-state index is 10.2. The molecular formula is C13H9Br3O2S. The van der Waals surface area contributed by atoms with Crippen molar-refractivity contribution < 1.29 is 9.84 Å². The van der Waals surface area contributed by atoms with E-state index < -0.39 is 6.10 Å². The number of rotatable bonds is 1. The van der Waals surface area contributed by atoms with Gasteiger partial charge in [0.2, 0.25) is 0 Å². The van der Waals surface area contributed by atoms with Crippen LogP contribution in [0.3, 0.4) is 0 Å². The molecular weight excluding hydrogens is 460 g/mol. The highest BCUT2D eigenvalue weighted by Crippen LogP contribution is 2.45. The van der Waals surface area contributed by atoms with E-state index in [9.17, 15) is 5.11 Å². The van der Waals surface area contributed by atoms with Gasteiger partial charge in [-0.25, -0.2) is 0 Å². The van der Waals surface area contributed by atoms with Gasteiger partial charge in [0.1, 0.15) is 11.9 Å². The lowest BCUT2D eigenvalue weighted by molar-refractivity contribution is 0.0673. The minimum atomic E-state index is -0.485. The molecule has 0 fully saturated rings. The van der Waals surface area contributed by atoms with Crippen molar-refractivity contribution in [3.8, 4) is 5.75 Å². The van der Waals surface area contributed by atoms with E-state index >= 15 is 0 Å². The molecule has 2 heterocycles. The van der Waals surface area contributed by atoms with Crippen LogP contribution in [0.25, 0.3) is 0 Å². The Balaban J connectivity index is 1.96. The molecule has 2 nitrogen and oxygen atoms in total. The molecule has 19 heavy (non-hydrogen) atoms. The van der Waals surface area contributed by atoms with Gasteiger partial charge in [0, 0.05) is 25.8 Å². The third kappa shape index (κ3) is 2.78. The van der Waals surface area contributed by atoms with Crippen molar-refractivity contribution >= 4 is 59.1 Å². The van der Waals surface area contributed by atoms with Gasteiger partial charge in [0.05, 0.1) is 9.89 Å². The van der Waals surface area contributed by atoms with Crippen LogP contribution in [0.4, 0.5) is 0 Å². The minimum absolute atomic E-state index is 0.107. The van der Waals surface area contributed by atoms with Crippen molar-refractivity contribution in [2.45, 2.75) is 18.6 Å². The Labute approximate surface area is 140 Å². The first kappa shape index (κ1) is 14.1. The predicted octanol–water partition coefficient (Wildman–Crippen LogP) is 5.59. The van der Waals surface area contributed by atoms with Gasteiger partial charge >= 0.3 is 0 Å². The van der Waals surface area contributed by atoms with Crippen molar-refractivity contribution in [2.75, 3.05) is 0 Å². The number of hydrogen-bond acceptors (Lipinski definition) is 3. The van der Waals surface area contributed by atoms with Gasteiger partial charge in [-0.1, -0.05) is 22.0 Å². The average molecular weight is 469 g/mol. The molecule has 1 aromatic heterocycles. The normalized spacial score (nSPS) is 21.9. The summed E-state index contributed by atoms with van der Waals surface area (Å²) in [6.07, 6.45) is -0.0144. The number of benzene rings is 1. The zero-order chi connectivity index (χ0) is 13.6. The quantitative estimate of drug-likeness (QED) is 0.591. The molecule has 0 saturated heterocycles. The van der Waals surface area contributed by atoms with Crippen molar-refractivity contribution in [3.63, 3.8) is 0 Å². The zero-order valence-corrected chi connectivity index (χ0v) is 15.1. The van der Waals surface area contributed by atoms with Crippen molar-refractivity contribution in [3.05, 3.63) is 47.4 Å². The summed E-state index contributed by atoms with van der Waals surface area (Å²) in [6.45, 7) is 0. The number of aliphatic hydroxyl groups is 1. The van der Waals surface area contributed by atoms with E-state index in [4.69, 9.17) is 4.74 Å². The fraction of sp³-hybridized carbons (Fsp3) is 0.231. The maximum Gasteiger partial charge on any atom is 0.136 e. The van der Waals surface area contributed by atoms with Gasteiger partial charge in [-0.15, -0.1) is 11.3 Å². The highest BCUT2D eigenvalue weighted by molar-refractivity contribution is 9.13. The SMILES string of the molecule is OC1CC(c2cc(Br)c(Br)s2)Oc2cc(Br)ccc21. The lowest BCUT2D eigenvalue weighted by Gasteiger charge is -2.29.